The second-order valence-electron chi connectivity index (χ2n) is 4.85. The molecule has 126 valence electrons. The van der Waals surface area contributed by atoms with Crippen LogP contribution in [0.25, 0.3) is 0 Å². The van der Waals surface area contributed by atoms with Crippen molar-refractivity contribution in [1.82, 2.24) is 0 Å². The van der Waals surface area contributed by atoms with Gasteiger partial charge in [0.15, 0.2) is 5.78 Å². The lowest BCUT2D eigenvalue weighted by Gasteiger charge is -2.10. The monoisotopic (exact) mass is 413 g/mol. The number of Topliss-reactive ketones (excluding diaryl/α,β-unsaturated/α-hetero) is 1. The molecule has 2 aromatic carbocycles. The number of rotatable bonds is 7. The zero-order valence-corrected chi connectivity index (χ0v) is 14.9. The molecule has 1 amide bonds. The average molecular weight is 414 g/mol. The van der Waals surface area contributed by atoms with Crippen LogP contribution in [-0.4, -0.2) is 17.4 Å². The molecule has 24 heavy (non-hydrogen) atoms. The standard InChI is InChI=1S/C17H14BrF2NO2S/c18-12-7-5-11(6-8-12)14(22)9-10-16(23)21-13-3-1-2-4-15(13)24-17(19)20/h1-8,17H,9-10H2,(H,21,23). The maximum Gasteiger partial charge on any atom is 0.288 e. The minimum Gasteiger partial charge on any atom is -0.325 e. The van der Waals surface area contributed by atoms with Crippen LogP contribution in [0.15, 0.2) is 57.9 Å². The number of halogens is 3. The van der Waals surface area contributed by atoms with Gasteiger partial charge in [0.25, 0.3) is 5.76 Å². The van der Waals surface area contributed by atoms with Gasteiger partial charge in [-0.2, -0.15) is 8.78 Å². The summed E-state index contributed by atoms with van der Waals surface area (Å²) in [5, 5.41) is 2.58. The van der Waals surface area contributed by atoms with Crippen molar-refractivity contribution in [3.63, 3.8) is 0 Å². The highest BCUT2D eigenvalue weighted by Crippen LogP contribution is 2.31. The Hall–Kier alpha value is -1.73. The van der Waals surface area contributed by atoms with Gasteiger partial charge in [0, 0.05) is 27.8 Å². The third-order valence-electron chi connectivity index (χ3n) is 3.12. The summed E-state index contributed by atoms with van der Waals surface area (Å²) >= 11 is 3.66. The molecule has 0 heterocycles. The largest absolute Gasteiger partial charge is 0.325 e. The van der Waals surface area contributed by atoms with Crippen LogP contribution < -0.4 is 5.32 Å². The van der Waals surface area contributed by atoms with Gasteiger partial charge in [-0.1, -0.05) is 52.0 Å². The minimum absolute atomic E-state index is 0.0113. The molecule has 2 aromatic rings. The summed E-state index contributed by atoms with van der Waals surface area (Å²) in [6.45, 7) is 0. The Morgan fingerprint density at radius 1 is 1.04 bits per heavy atom. The van der Waals surface area contributed by atoms with E-state index >= 15 is 0 Å². The normalized spacial score (nSPS) is 10.7. The molecule has 0 aliphatic rings. The third kappa shape index (κ3) is 5.72. The lowest BCUT2D eigenvalue weighted by molar-refractivity contribution is -0.116. The quantitative estimate of drug-likeness (QED) is 0.490. The fourth-order valence-corrected chi connectivity index (χ4v) is 2.85. The maximum absolute atomic E-state index is 12.5. The van der Waals surface area contributed by atoms with Crippen molar-refractivity contribution in [2.75, 3.05) is 5.32 Å². The summed E-state index contributed by atoms with van der Waals surface area (Å²) in [6, 6.07) is 13.2. The summed E-state index contributed by atoms with van der Waals surface area (Å²) in [5.41, 5.74) is 0.851. The first kappa shape index (κ1) is 18.6. The van der Waals surface area contributed by atoms with Crippen LogP contribution >= 0.6 is 27.7 Å². The SMILES string of the molecule is O=C(CCC(=O)c1ccc(Br)cc1)Nc1ccccc1SC(F)F. The van der Waals surface area contributed by atoms with Gasteiger partial charge < -0.3 is 5.32 Å². The van der Waals surface area contributed by atoms with Gasteiger partial charge in [-0.3, -0.25) is 9.59 Å². The van der Waals surface area contributed by atoms with Gasteiger partial charge >= 0.3 is 0 Å². The molecule has 0 radical (unpaired) electrons. The molecule has 0 aliphatic carbocycles. The number of hydrogen-bond acceptors (Lipinski definition) is 3. The van der Waals surface area contributed by atoms with E-state index in [0.29, 0.717) is 27.9 Å². The molecule has 0 aromatic heterocycles. The Kier molecular flexibility index (Phi) is 6.93. The average Bonchev–Trinajstić information content (AvgIpc) is 2.54. The number of carbonyl (C=O) groups excluding carboxylic acids is 2. The fraction of sp³-hybridized carbons (Fsp3) is 0.176. The Labute approximate surface area is 151 Å². The van der Waals surface area contributed by atoms with Gasteiger partial charge in [-0.15, -0.1) is 0 Å². The highest BCUT2D eigenvalue weighted by molar-refractivity contribution is 9.10. The van der Waals surface area contributed by atoms with Crippen LogP contribution in [0.1, 0.15) is 23.2 Å². The summed E-state index contributed by atoms with van der Waals surface area (Å²) in [5.74, 6) is -3.10. The van der Waals surface area contributed by atoms with E-state index in [1.54, 1.807) is 42.5 Å². The van der Waals surface area contributed by atoms with E-state index in [4.69, 9.17) is 0 Å². The van der Waals surface area contributed by atoms with Crippen molar-refractivity contribution < 1.29 is 18.4 Å². The number of thioether (sulfide) groups is 1. The first-order chi connectivity index (χ1) is 11.5. The van der Waals surface area contributed by atoms with E-state index in [1.807, 2.05) is 0 Å². The molecule has 2 rings (SSSR count). The molecule has 0 bridgehead atoms. The minimum atomic E-state index is -2.57. The molecule has 0 aliphatic heterocycles. The van der Waals surface area contributed by atoms with Crippen LogP contribution in [-0.2, 0) is 4.79 Å². The zero-order chi connectivity index (χ0) is 17.5. The molecular formula is C17H14BrF2NO2S. The number of anilines is 1. The first-order valence-corrected chi connectivity index (χ1v) is 8.75. The van der Waals surface area contributed by atoms with Gasteiger partial charge in [0.05, 0.1) is 5.69 Å². The van der Waals surface area contributed by atoms with Crippen molar-refractivity contribution in [2.45, 2.75) is 23.5 Å². The Morgan fingerprint density at radius 2 is 1.71 bits per heavy atom. The zero-order valence-electron chi connectivity index (χ0n) is 12.5. The number of amides is 1. The van der Waals surface area contributed by atoms with Gasteiger partial charge in [-0.25, -0.2) is 0 Å². The van der Waals surface area contributed by atoms with E-state index in [-0.39, 0.29) is 24.5 Å². The Balaban J connectivity index is 1.92. The Morgan fingerprint density at radius 3 is 2.38 bits per heavy atom. The molecule has 0 saturated carbocycles. The topological polar surface area (TPSA) is 46.2 Å². The van der Waals surface area contributed by atoms with E-state index < -0.39 is 5.76 Å². The molecule has 0 spiro atoms. The van der Waals surface area contributed by atoms with Crippen LogP contribution in [0, 0.1) is 0 Å². The number of benzene rings is 2. The van der Waals surface area contributed by atoms with Crippen LogP contribution in [0.4, 0.5) is 14.5 Å². The van der Waals surface area contributed by atoms with Crippen molar-refractivity contribution in [2.24, 2.45) is 0 Å². The van der Waals surface area contributed by atoms with Crippen molar-refractivity contribution >= 4 is 45.1 Å². The number of alkyl halides is 2. The van der Waals surface area contributed by atoms with Crippen molar-refractivity contribution in [1.29, 1.82) is 0 Å². The van der Waals surface area contributed by atoms with E-state index in [9.17, 15) is 18.4 Å². The Bertz CT molecular complexity index is 723. The summed E-state index contributed by atoms with van der Waals surface area (Å²) in [4.78, 5) is 24.3. The molecule has 7 heteroatoms. The van der Waals surface area contributed by atoms with Crippen LogP contribution in [0.3, 0.4) is 0 Å². The van der Waals surface area contributed by atoms with Gasteiger partial charge in [0.1, 0.15) is 0 Å². The third-order valence-corrected chi connectivity index (χ3v) is 4.44. The second-order valence-corrected chi connectivity index (χ2v) is 6.80. The number of para-hydroxylation sites is 1. The highest BCUT2D eigenvalue weighted by Gasteiger charge is 2.13. The van der Waals surface area contributed by atoms with Crippen LogP contribution in [0.2, 0.25) is 0 Å². The van der Waals surface area contributed by atoms with E-state index in [1.165, 1.54) is 6.07 Å². The van der Waals surface area contributed by atoms with Crippen molar-refractivity contribution in [3.8, 4) is 0 Å². The molecule has 1 N–H and O–H groups in total. The van der Waals surface area contributed by atoms with Gasteiger partial charge in [0.2, 0.25) is 5.91 Å². The van der Waals surface area contributed by atoms with E-state index in [0.717, 1.165) is 4.47 Å². The lowest BCUT2D eigenvalue weighted by atomic mass is 10.1. The molecule has 0 atom stereocenters. The fourth-order valence-electron chi connectivity index (χ4n) is 1.99. The van der Waals surface area contributed by atoms with Gasteiger partial charge in [-0.05, 0) is 24.3 Å². The second kappa shape index (κ2) is 8.94. The highest BCUT2D eigenvalue weighted by atomic mass is 79.9. The van der Waals surface area contributed by atoms with Crippen molar-refractivity contribution in [3.05, 3.63) is 58.6 Å². The van der Waals surface area contributed by atoms with Crippen LogP contribution in [0.5, 0.6) is 0 Å². The number of nitrogens with one attached hydrogen (secondary N) is 1. The number of carbonyl (C=O) groups is 2. The smallest absolute Gasteiger partial charge is 0.288 e. The number of hydrogen-bond donors (Lipinski definition) is 1. The lowest BCUT2D eigenvalue weighted by Crippen LogP contribution is -2.14. The summed E-state index contributed by atoms with van der Waals surface area (Å²) < 4.78 is 25.9. The number of ketones is 1. The molecule has 0 fully saturated rings. The maximum atomic E-state index is 12.5. The predicted octanol–water partition coefficient (Wildman–Crippen LogP) is 5.37. The molecular weight excluding hydrogens is 400 g/mol. The first-order valence-electron chi connectivity index (χ1n) is 7.08. The predicted molar refractivity (Wildman–Crippen MR) is 94.6 cm³/mol. The summed E-state index contributed by atoms with van der Waals surface area (Å²) in [7, 11) is 0. The molecule has 3 nitrogen and oxygen atoms in total. The van der Waals surface area contributed by atoms with E-state index in [2.05, 4.69) is 21.2 Å². The molecule has 0 unspecified atom stereocenters. The molecule has 0 saturated heterocycles. The summed E-state index contributed by atoms with van der Waals surface area (Å²) in [6.07, 6.45) is 0.0419.